The van der Waals surface area contributed by atoms with Gasteiger partial charge in [0.25, 0.3) is 0 Å². The highest BCUT2D eigenvalue weighted by Crippen LogP contribution is 2.34. The predicted octanol–water partition coefficient (Wildman–Crippen LogP) is 1.92. The number of benzene rings is 1. The molecule has 0 bridgehead atoms. The van der Waals surface area contributed by atoms with Crippen LogP contribution in [0.4, 0.5) is 5.69 Å². The number of para-hydroxylation sites is 1. The van der Waals surface area contributed by atoms with Crippen LogP contribution in [0, 0.1) is 5.92 Å². The summed E-state index contributed by atoms with van der Waals surface area (Å²) >= 11 is 1.78. The van der Waals surface area contributed by atoms with Gasteiger partial charge in [-0.3, -0.25) is 14.5 Å². The van der Waals surface area contributed by atoms with E-state index in [0.29, 0.717) is 19.5 Å². The van der Waals surface area contributed by atoms with Crippen LogP contribution in [0.3, 0.4) is 0 Å². The van der Waals surface area contributed by atoms with E-state index in [2.05, 4.69) is 0 Å². The van der Waals surface area contributed by atoms with Gasteiger partial charge in [-0.2, -0.15) is 0 Å². The van der Waals surface area contributed by atoms with Crippen LogP contribution in [0.25, 0.3) is 0 Å². The van der Waals surface area contributed by atoms with Gasteiger partial charge in [0.1, 0.15) is 0 Å². The third kappa shape index (κ3) is 3.28. The Kier molecular flexibility index (Phi) is 4.69. The number of amides is 1. The van der Waals surface area contributed by atoms with Gasteiger partial charge < -0.3 is 10.0 Å². The molecule has 5 nitrogen and oxygen atoms in total. The van der Waals surface area contributed by atoms with Crippen molar-refractivity contribution in [3.05, 3.63) is 24.3 Å². The number of piperidine rings is 1. The third-order valence-electron chi connectivity index (χ3n) is 4.24. The number of aliphatic carboxylic acids is 1. The van der Waals surface area contributed by atoms with Crippen LogP contribution in [0.15, 0.2) is 29.2 Å². The lowest BCUT2D eigenvalue weighted by Crippen LogP contribution is -2.46. The summed E-state index contributed by atoms with van der Waals surface area (Å²) in [5.74, 6) is -0.123. The molecule has 2 heterocycles. The SMILES string of the molecule is O=C(O)C1CCCN(CC(=O)N2CCSc3ccccc32)C1. The Hall–Kier alpha value is -1.53. The average Bonchev–Trinajstić information content (AvgIpc) is 2.54. The van der Waals surface area contributed by atoms with Crippen molar-refractivity contribution in [2.45, 2.75) is 17.7 Å². The number of carboxylic acids is 1. The number of rotatable bonds is 3. The van der Waals surface area contributed by atoms with Crippen LogP contribution in [0.2, 0.25) is 0 Å². The minimum Gasteiger partial charge on any atom is -0.481 e. The first kappa shape index (κ1) is 15.4. The zero-order valence-electron chi connectivity index (χ0n) is 12.4. The van der Waals surface area contributed by atoms with E-state index in [1.807, 2.05) is 34.1 Å². The molecular formula is C16H20N2O3S. The molecule has 1 aromatic carbocycles. The highest BCUT2D eigenvalue weighted by molar-refractivity contribution is 7.99. The van der Waals surface area contributed by atoms with Crippen LogP contribution in [-0.2, 0) is 9.59 Å². The Morgan fingerprint density at radius 2 is 2.09 bits per heavy atom. The van der Waals surface area contributed by atoms with Crippen molar-refractivity contribution in [2.24, 2.45) is 5.92 Å². The monoisotopic (exact) mass is 320 g/mol. The zero-order chi connectivity index (χ0) is 15.5. The fraction of sp³-hybridized carbons (Fsp3) is 0.500. The molecule has 2 aliphatic heterocycles. The lowest BCUT2D eigenvalue weighted by Gasteiger charge is -2.34. The molecule has 118 valence electrons. The number of likely N-dealkylation sites (tertiary alicyclic amines) is 1. The highest BCUT2D eigenvalue weighted by Gasteiger charge is 2.29. The second-order valence-corrected chi connectivity index (χ2v) is 6.91. The van der Waals surface area contributed by atoms with Crippen molar-refractivity contribution in [3.8, 4) is 0 Å². The summed E-state index contributed by atoms with van der Waals surface area (Å²) in [6, 6.07) is 7.96. The molecule has 6 heteroatoms. The van der Waals surface area contributed by atoms with E-state index in [1.54, 1.807) is 11.8 Å². The second-order valence-electron chi connectivity index (χ2n) is 5.77. The Balaban J connectivity index is 1.67. The first-order chi connectivity index (χ1) is 10.6. The largest absolute Gasteiger partial charge is 0.481 e. The zero-order valence-corrected chi connectivity index (χ0v) is 13.2. The van der Waals surface area contributed by atoms with E-state index in [0.717, 1.165) is 35.8 Å². The molecule has 3 rings (SSSR count). The normalized spacial score (nSPS) is 22.2. The van der Waals surface area contributed by atoms with Crippen molar-refractivity contribution in [1.29, 1.82) is 0 Å². The Bertz CT molecular complexity index is 578. The van der Waals surface area contributed by atoms with Gasteiger partial charge in [0.05, 0.1) is 18.2 Å². The fourth-order valence-corrected chi connectivity index (χ4v) is 4.10. The minimum atomic E-state index is -0.753. The Labute approximate surface area is 134 Å². The lowest BCUT2D eigenvalue weighted by atomic mass is 9.98. The molecule has 22 heavy (non-hydrogen) atoms. The molecular weight excluding hydrogens is 300 g/mol. The lowest BCUT2D eigenvalue weighted by molar-refractivity contribution is -0.144. The van der Waals surface area contributed by atoms with Crippen molar-refractivity contribution >= 4 is 29.3 Å². The number of anilines is 1. The van der Waals surface area contributed by atoms with Crippen molar-refractivity contribution in [3.63, 3.8) is 0 Å². The summed E-state index contributed by atoms with van der Waals surface area (Å²) in [6.07, 6.45) is 1.56. The van der Waals surface area contributed by atoms with Crippen LogP contribution in [-0.4, -0.2) is 53.8 Å². The first-order valence-electron chi connectivity index (χ1n) is 7.62. The minimum absolute atomic E-state index is 0.0683. The molecule has 1 N–H and O–H groups in total. The molecule has 1 atom stereocenters. The number of thioether (sulfide) groups is 1. The van der Waals surface area contributed by atoms with Crippen LogP contribution in [0.1, 0.15) is 12.8 Å². The van der Waals surface area contributed by atoms with Gasteiger partial charge in [-0.25, -0.2) is 0 Å². The maximum Gasteiger partial charge on any atom is 0.307 e. The molecule has 0 saturated carbocycles. The second kappa shape index (κ2) is 6.71. The summed E-state index contributed by atoms with van der Waals surface area (Å²) in [5, 5.41) is 9.14. The van der Waals surface area contributed by atoms with Crippen LogP contribution in [0.5, 0.6) is 0 Å². The van der Waals surface area contributed by atoms with Crippen LogP contribution < -0.4 is 4.90 Å². The van der Waals surface area contributed by atoms with Crippen molar-refractivity contribution < 1.29 is 14.7 Å². The molecule has 1 amide bonds. The van der Waals surface area contributed by atoms with Gasteiger partial charge in [-0.05, 0) is 31.5 Å². The maximum atomic E-state index is 12.6. The molecule has 1 unspecified atom stereocenters. The van der Waals surface area contributed by atoms with Gasteiger partial charge in [-0.1, -0.05) is 12.1 Å². The van der Waals surface area contributed by atoms with Crippen molar-refractivity contribution in [1.82, 2.24) is 4.90 Å². The van der Waals surface area contributed by atoms with Gasteiger partial charge in [0, 0.05) is 23.7 Å². The van der Waals surface area contributed by atoms with E-state index in [4.69, 9.17) is 5.11 Å². The van der Waals surface area contributed by atoms with Gasteiger partial charge >= 0.3 is 5.97 Å². The quantitative estimate of drug-likeness (QED) is 0.922. The van der Waals surface area contributed by atoms with Gasteiger partial charge in [-0.15, -0.1) is 11.8 Å². The Morgan fingerprint density at radius 1 is 1.27 bits per heavy atom. The Morgan fingerprint density at radius 3 is 2.91 bits per heavy atom. The average molecular weight is 320 g/mol. The summed E-state index contributed by atoms with van der Waals surface area (Å²) in [6.45, 7) is 2.31. The molecule has 1 fully saturated rings. The van der Waals surface area contributed by atoms with E-state index in [9.17, 15) is 9.59 Å². The number of carboxylic acid groups (broad SMARTS) is 1. The number of fused-ring (bicyclic) bond motifs is 1. The van der Waals surface area contributed by atoms with Gasteiger partial charge in [0.15, 0.2) is 0 Å². The summed E-state index contributed by atoms with van der Waals surface area (Å²) in [7, 11) is 0. The van der Waals surface area contributed by atoms with Crippen molar-refractivity contribution in [2.75, 3.05) is 36.8 Å². The highest BCUT2D eigenvalue weighted by atomic mass is 32.2. The van der Waals surface area contributed by atoms with E-state index >= 15 is 0 Å². The van der Waals surface area contributed by atoms with Gasteiger partial charge in [0.2, 0.25) is 5.91 Å². The molecule has 0 aromatic heterocycles. The topological polar surface area (TPSA) is 60.9 Å². The maximum absolute atomic E-state index is 12.6. The fourth-order valence-electron chi connectivity index (χ4n) is 3.11. The number of nitrogens with zero attached hydrogens (tertiary/aromatic N) is 2. The molecule has 0 spiro atoms. The number of hydrogen-bond acceptors (Lipinski definition) is 4. The van der Waals surface area contributed by atoms with E-state index in [1.165, 1.54) is 0 Å². The molecule has 1 aromatic rings. The predicted molar refractivity (Wildman–Crippen MR) is 86.3 cm³/mol. The summed E-state index contributed by atoms with van der Waals surface area (Å²) in [4.78, 5) is 28.7. The summed E-state index contributed by atoms with van der Waals surface area (Å²) in [5.41, 5.74) is 0.982. The van der Waals surface area contributed by atoms with E-state index in [-0.39, 0.29) is 11.8 Å². The summed E-state index contributed by atoms with van der Waals surface area (Å²) < 4.78 is 0. The van der Waals surface area contributed by atoms with E-state index < -0.39 is 5.97 Å². The first-order valence-corrected chi connectivity index (χ1v) is 8.61. The van der Waals surface area contributed by atoms with Crippen LogP contribution >= 0.6 is 11.8 Å². The smallest absolute Gasteiger partial charge is 0.307 e. The molecule has 1 saturated heterocycles. The number of hydrogen-bond donors (Lipinski definition) is 1. The molecule has 2 aliphatic rings. The molecule has 0 radical (unpaired) electrons. The molecule has 0 aliphatic carbocycles. The third-order valence-corrected chi connectivity index (χ3v) is 5.29. The standard InChI is InChI=1S/C16H20N2O3S/c19-15(11-17-7-3-4-12(10-17)16(20)21)18-8-9-22-14-6-2-1-5-13(14)18/h1-2,5-6,12H,3-4,7-11H2,(H,20,21). The number of carbonyl (C=O) groups excluding carboxylic acids is 1. The number of carbonyl (C=O) groups is 2.